The molecule has 0 heterocycles. The Morgan fingerprint density at radius 3 is 1.82 bits per heavy atom. The summed E-state index contributed by atoms with van der Waals surface area (Å²) in [6.45, 7) is 3.60. The average molecular weight is 247 g/mol. The number of rotatable bonds is 7. The van der Waals surface area contributed by atoms with Gasteiger partial charge in [-0.1, -0.05) is 32.6 Å². The van der Waals surface area contributed by atoms with Crippen LogP contribution in [-0.2, 0) is 4.74 Å². The summed E-state index contributed by atoms with van der Waals surface area (Å²) in [5, 5.41) is 9.03. The van der Waals surface area contributed by atoms with Gasteiger partial charge in [0.1, 0.15) is 0 Å². The number of unbranched alkanes of at least 4 members (excludes halogenated alkanes) is 5. The SMILES string of the molecule is CCCCCCCC[N+](C)(C)C.COC(=O)[O-]. The summed E-state index contributed by atoms with van der Waals surface area (Å²) in [4.78, 5) is 9.03. The lowest BCUT2D eigenvalue weighted by atomic mass is 10.1. The predicted molar refractivity (Wildman–Crippen MR) is 68.7 cm³/mol. The Morgan fingerprint density at radius 1 is 1.06 bits per heavy atom. The van der Waals surface area contributed by atoms with E-state index in [9.17, 15) is 0 Å². The first kappa shape index (κ1) is 18.6. The average Bonchev–Trinajstić information content (AvgIpc) is 2.22. The normalized spacial score (nSPS) is 10.4. The molecule has 0 aromatic carbocycles. The molecule has 0 fully saturated rings. The van der Waals surface area contributed by atoms with Crippen LogP contribution in [0.25, 0.3) is 0 Å². The summed E-state index contributed by atoms with van der Waals surface area (Å²) < 4.78 is 4.67. The molecular weight excluding hydrogens is 218 g/mol. The molecule has 0 rings (SSSR count). The number of methoxy groups -OCH3 is 1. The highest BCUT2D eigenvalue weighted by Gasteiger charge is 2.04. The molecule has 17 heavy (non-hydrogen) atoms. The first-order valence-electron chi connectivity index (χ1n) is 6.39. The molecule has 4 nitrogen and oxygen atoms in total. The Balaban J connectivity index is 0. The fourth-order valence-corrected chi connectivity index (χ4v) is 1.37. The van der Waals surface area contributed by atoms with Gasteiger partial charge in [0.15, 0.2) is 0 Å². The van der Waals surface area contributed by atoms with E-state index in [0.29, 0.717) is 0 Å². The smallest absolute Gasteiger partial charge is 0.251 e. The van der Waals surface area contributed by atoms with Gasteiger partial charge in [-0.25, -0.2) is 0 Å². The van der Waals surface area contributed by atoms with Crippen LogP contribution in [0.2, 0.25) is 0 Å². The first-order chi connectivity index (χ1) is 7.83. The number of quaternary nitrogens is 1. The van der Waals surface area contributed by atoms with E-state index in [-0.39, 0.29) is 0 Å². The Bertz CT molecular complexity index is 176. The van der Waals surface area contributed by atoms with Crippen LogP contribution >= 0.6 is 0 Å². The van der Waals surface area contributed by atoms with Gasteiger partial charge in [0.25, 0.3) is 6.16 Å². The van der Waals surface area contributed by atoms with Crippen molar-refractivity contribution in [2.75, 3.05) is 34.8 Å². The maximum atomic E-state index is 9.03. The molecule has 0 radical (unpaired) electrons. The standard InChI is InChI=1S/C11H26N.C2H4O3/c1-5-6-7-8-9-10-11-12(2,3)4;1-5-2(3)4/h5-11H2,1-4H3;1H3,(H,3,4)/q+1;/p-1. The number of carbonyl (C=O) groups excluding carboxylic acids is 1. The maximum Gasteiger partial charge on any atom is 0.251 e. The molecule has 0 saturated heterocycles. The Hall–Kier alpha value is -0.770. The zero-order chi connectivity index (χ0) is 13.7. The first-order valence-corrected chi connectivity index (χ1v) is 6.39. The molecule has 0 aromatic rings. The fourth-order valence-electron chi connectivity index (χ4n) is 1.37. The quantitative estimate of drug-likeness (QED) is 0.393. The van der Waals surface area contributed by atoms with Crippen molar-refractivity contribution in [3.63, 3.8) is 0 Å². The number of carbonyl (C=O) groups is 1. The second kappa shape index (κ2) is 11.7. The second-order valence-corrected chi connectivity index (χ2v) is 5.24. The minimum Gasteiger partial charge on any atom is -0.553 e. The molecule has 0 aliphatic rings. The lowest BCUT2D eigenvalue weighted by Gasteiger charge is -2.23. The van der Waals surface area contributed by atoms with E-state index in [4.69, 9.17) is 9.90 Å². The molecule has 0 aliphatic heterocycles. The highest BCUT2D eigenvalue weighted by atomic mass is 16.6. The molecule has 0 saturated carbocycles. The van der Waals surface area contributed by atoms with Crippen LogP contribution in [0.3, 0.4) is 0 Å². The summed E-state index contributed by atoms with van der Waals surface area (Å²) in [6, 6.07) is 0. The van der Waals surface area contributed by atoms with Crippen molar-refractivity contribution in [3.8, 4) is 0 Å². The zero-order valence-electron chi connectivity index (χ0n) is 12.1. The Morgan fingerprint density at radius 2 is 1.47 bits per heavy atom. The van der Waals surface area contributed by atoms with E-state index < -0.39 is 6.16 Å². The van der Waals surface area contributed by atoms with Gasteiger partial charge in [0.05, 0.1) is 27.7 Å². The Labute approximate surface area is 106 Å². The molecule has 0 bridgehead atoms. The minimum absolute atomic E-state index is 1.04. The predicted octanol–water partition coefficient (Wildman–Crippen LogP) is 2.03. The molecule has 104 valence electrons. The van der Waals surface area contributed by atoms with E-state index in [0.717, 1.165) is 11.6 Å². The number of carboxylic acid groups (broad SMARTS) is 1. The van der Waals surface area contributed by atoms with Gasteiger partial charge < -0.3 is 19.1 Å². The molecule has 0 unspecified atom stereocenters. The lowest BCUT2D eigenvalue weighted by molar-refractivity contribution is -0.870. The summed E-state index contributed by atoms with van der Waals surface area (Å²) in [5.41, 5.74) is 0. The molecule has 0 atom stereocenters. The van der Waals surface area contributed by atoms with Crippen molar-refractivity contribution in [2.24, 2.45) is 0 Å². The summed E-state index contributed by atoms with van der Waals surface area (Å²) in [5.74, 6) is 0. The Kier molecular flexibility index (Phi) is 12.8. The summed E-state index contributed by atoms with van der Waals surface area (Å²) >= 11 is 0. The summed E-state index contributed by atoms with van der Waals surface area (Å²) in [6.07, 6.45) is 6.98. The third kappa shape index (κ3) is 25.5. The van der Waals surface area contributed by atoms with Gasteiger partial charge >= 0.3 is 0 Å². The van der Waals surface area contributed by atoms with Gasteiger partial charge in [-0.05, 0) is 12.8 Å². The van der Waals surface area contributed by atoms with Gasteiger partial charge in [-0.2, -0.15) is 0 Å². The second-order valence-electron chi connectivity index (χ2n) is 5.24. The number of hydrogen-bond acceptors (Lipinski definition) is 3. The highest BCUT2D eigenvalue weighted by molar-refractivity contribution is 5.53. The molecule has 0 aromatic heterocycles. The molecule has 0 spiro atoms. The van der Waals surface area contributed by atoms with Crippen LogP contribution in [0.5, 0.6) is 0 Å². The third-order valence-corrected chi connectivity index (χ3v) is 2.35. The van der Waals surface area contributed by atoms with Crippen LogP contribution in [0.1, 0.15) is 45.4 Å². The summed E-state index contributed by atoms with van der Waals surface area (Å²) in [7, 11) is 7.85. The minimum atomic E-state index is -1.50. The fraction of sp³-hybridized carbons (Fsp3) is 0.923. The largest absolute Gasteiger partial charge is 0.553 e. The number of ether oxygens (including phenoxy) is 1. The molecule has 4 heteroatoms. The molecular formula is C13H29NO3. The van der Waals surface area contributed by atoms with Crippen LogP contribution in [-0.4, -0.2) is 45.4 Å². The lowest BCUT2D eigenvalue weighted by Crippen LogP contribution is -2.35. The van der Waals surface area contributed by atoms with E-state index in [1.165, 1.54) is 45.1 Å². The highest BCUT2D eigenvalue weighted by Crippen LogP contribution is 2.06. The van der Waals surface area contributed by atoms with Crippen LogP contribution < -0.4 is 5.11 Å². The van der Waals surface area contributed by atoms with Gasteiger partial charge in [-0.3, -0.25) is 0 Å². The van der Waals surface area contributed by atoms with Crippen molar-refractivity contribution < 1.29 is 19.1 Å². The van der Waals surface area contributed by atoms with Crippen LogP contribution in [0.4, 0.5) is 4.79 Å². The van der Waals surface area contributed by atoms with Crippen molar-refractivity contribution in [2.45, 2.75) is 45.4 Å². The van der Waals surface area contributed by atoms with Crippen molar-refractivity contribution in [1.29, 1.82) is 0 Å². The zero-order valence-corrected chi connectivity index (χ0v) is 12.1. The molecule has 0 N–H and O–H groups in total. The van der Waals surface area contributed by atoms with Gasteiger partial charge in [0, 0.05) is 7.11 Å². The van der Waals surface area contributed by atoms with Gasteiger partial charge in [-0.15, -0.1) is 0 Å². The topological polar surface area (TPSA) is 49.4 Å². The number of hydrogen-bond donors (Lipinski definition) is 0. The van der Waals surface area contributed by atoms with E-state index in [2.05, 4.69) is 32.8 Å². The van der Waals surface area contributed by atoms with Crippen molar-refractivity contribution >= 4 is 6.16 Å². The number of nitrogens with zero attached hydrogens (tertiary/aromatic N) is 1. The van der Waals surface area contributed by atoms with Gasteiger partial charge in [0.2, 0.25) is 0 Å². The molecule has 0 aliphatic carbocycles. The van der Waals surface area contributed by atoms with Crippen molar-refractivity contribution in [1.82, 2.24) is 0 Å². The molecule has 0 amide bonds. The van der Waals surface area contributed by atoms with Crippen LogP contribution in [0.15, 0.2) is 0 Å². The monoisotopic (exact) mass is 247 g/mol. The van der Waals surface area contributed by atoms with E-state index >= 15 is 0 Å². The van der Waals surface area contributed by atoms with E-state index in [1.54, 1.807) is 0 Å². The van der Waals surface area contributed by atoms with E-state index in [1.807, 2.05) is 0 Å². The van der Waals surface area contributed by atoms with Crippen molar-refractivity contribution in [3.05, 3.63) is 0 Å². The third-order valence-electron chi connectivity index (χ3n) is 2.35. The van der Waals surface area contributed by atoms with Crippen LogP contribution in [0, 0.1) is 0 Å². The maximum absolute atomic E-state index is 9.03.